The summed E-state index contributed by atoms with van der Waals surface area (Å²) in [4.78, 5) is 53.7. The molecule has 254 valence electrons. The summed E-state index contributed by atoms with van der Waals surface area (Å²) < 4.78 is 0. The van der Waals surface area contributed by atoms with Crippen LogP contribution in [0.5, 0.6) is 0 Å². The highest BCUT2D eigenvalue weighted by molar-refractivity contribution is 8.00. The second-order valence-electron chi connectivity index (χ2n) is 11.2. The van der Waals surface area contributed by atoms with Gasteiger partial charge in [0.1, 0.15) is 16.8 Å². The molecule has 1 aliphatic rings. The van der Waals surface area contributed by atoms with Crippen LogP contribution in [-0.4, -0.2) is 29.5 Å². The molecule has 0 aliphatic carbocycles. The molecule has 12 heteroatoms. The Balaban J connectivity index is 1.18. The van der Waals surface area contributed by atoms with Crippen molar-refractivity contribution in [1.82, 2.24) is 10.6 Å². The monoisotopic (exact) mass is 733 g/mol. The van der Waals surface area contributed by atoms with Crippen molar-refractivity contribution in [2.45, 2.75) is 16.6 Å². The molecule has 5 aromatic rings. The number of para-hydroxylation sites is 1. The fourth-order valence-corrected chi connectivity index (χ4v) is 6.60. The summed E-state index contributed by atoms with van der Waals surface area (Å²) in [5.74, 6) is -1.42. The summed E-state index contributed by atoms with van der Waals surface area (Å²) in [5, 5.41) is 13.9. The number of hydrazone groups is 1. The van der Waals surface area contributed by atoms with Gasteiger partial charge in [0, 0.05) is 31.8 Å². The standard InChI is InChI=1S/C39H29Cl2N5O4S/c40-31-17-10-18-32(41)30(31)23-33(43-37(48)26-13-6-2-7-14-26)38(49)42-27-19-21-29(22-20-27)51-36(25-11-4-1-5-12-25)39(50)44-34-24-35(47)46(45-34)28-15-8-3-9-16-28/h1-23,36H,24H2,(H,42,49)(H,43,48)(H,44,45,50)/b33-23-. The van der Waals surface area contributed by atoms with Crippen LogP contribution in [0.1, 0.15) is 33.2 Å². The van der Waals surface area contributed by atoms with Crippen LogP contribution < -0.4 is 21.0 Å². The molecule has 51 heavy (non-hydrogen) atoms. The fourth-order valence-electron chi connectivity index (χ4n) is 5.07. The Morgan fingerprint density at radius 2 is 1.35 bits per heavy atom. The molecule has 0 bridgehead atoms. The number of rotatable bonds is 10. The van der Waals surface area contributed by atoms with Gasteiger partial charge in [-0.25, -0.2) is 0 Å². The Kier molecular flexibility index (Phi) is 11.3. The van der Waals surface area contributed by atoms with E-state index < -0.39 is 17.1 Å². The molecule has 6 rings (SSSR count). The van der Waals surface area contributed by atoms with Crippen molar-refractivity contribution in [3.05, 3.63) is 166 Å². The predicted octanol–water partition coefficient (Wildman–Crippen LogP) is 8.10. The van der Waals surface area contributed by atoms with Crippen molar-refractivity contribution in [2.24, 2.45) is 5.10 Å². The molecule has 1 aliphatic heterocycles. The minimum Gasteiger partial charge on any atom is -0.321 e. The molecular formula is C39H29Cl2N5O4S. The number of carbonyl (C=O) groups excluding carboxylic acids is 4. The van der Waals surface area contributed by atoms with E-state index in [-0.39, 0.29) is 29.8 Å². The molecular weight excluding hydrogens is 705 g/mol. The maximum Gasteiger partial charge on any atom is 0.272 e. The molecule has 0 saturated heterocycles. The summed E-state index contributed by atoms with van der Waals surface area (Å²) >= 11 is 14.1. The van der Waals surface area contributed by atoms with E-state index >= 15 is 0 Å². The van der Waals surface area contributed by atoms with Crippen LogP contribution in [0.3, 0.4) is 0 Å². The largest absolute Gasteiger partial charge is 0.321 e. The predicted molar refractivity (Wildman–Crippen MR) is 203 cm³/mol. The fraction of sp³-hybridized carbons (Fsp3) is 0.0513. The molecule has 5 aromatic carbocycles. The average Bonchev–Trinajstić information content (AvgIpc) is 3.52. The first-order valence-corrected chi connectivity index (χ1v) is 17.3. The lowest BCUT2D eigenvalue weighted by Crippen LogP contribution is -2.33. The van der Waals surface area contributed by atoms with E-state index in [9.17, 15) is 19.2 Å². The molecule has 0 aromatic heterocycles. The second-order valence-corrected chi connectivity index (χ2v) is 13.1. The van der Waals surface area contributed by atoms with Crippen molar-refractivity contribution in [3.8, 4) is 0 Å². The van der Waals surface area contributed by atoms with Crippen molar-refractivity contribution in [1.29, 1.82) is 0 Å². The Hall–Kier alpha value is -5.68. The van der Waals surface area contributed by atoms with E-state index in [4.69, 9.17) is 23.2 Å². The number of nitrogens with zero attached hydrogens (tertiary/aromatic N) is 2. The molecule has 0 saturated carbocycles. The first kappa shape index (κ1) is 35.2. The zero-order valence-corrected chi connectivity index (χ0v) is 29.1. The van der Waals surface area contributed by atoms with Gasteiger partial charge < -0.3 is 16.0 Å². The number of carbonyl (C=O) groups is 4. The molecule has 1 unspecified atom stereocenters. The number of nitrogens with one attached hydrogen (secondary N) is 3. The summed E-state index contributed by atoms with van der Waals surface area (Å²) in [6.45, 7) is 0. The maximum atomic E-state index is 13.7. The molecule has 1 heterocycles. The Bertz CT molecular complexity index is 2110. The summed E-state index contributed by atoms with van der Waals surface area (Å²) in [7, 11) is 0. The molecule has 0 radical (unpaired) electrons. The molecule has 4 amide bonds. The molecule has 0 fully saturated rings. The molecule has 0 spiro atoms. The first-order chi connectivity index (χ1) is 24.7. The van der Waals surface area contributed by atoms with Crippen LogP contribution in [0.15, 0.2) is 149 Å². The van der Waals surface area contributed by atoms with Gasteiger partial charge in [-0.1, -0.05) is 96.0 Å². The van der Waals surface area contributed by atoms with Gasteiger partial charge in [0.15, 0.2) is 0 Å². The SMILES string of the molecule is O=C(Nc1ccc(SC(C(=O)NC2=NN(c3ccccc3)C(=O)C2)c2ccccc2)cc1)/C(=C/c1c(Cl)cccc1Cl)NC(=O)c1ccccc1. The van der Waals surface area contributed by atoms with E-state index in [1.807, 2.05) is 48.5 Å². The Morgan fingerprint density at radius 3 is 2.00 bits per heavy atom. The summed E-state index contributed by atoms with van der Waals surface area (Å²) in [6.07, 6.45) is 1.39. The van der Waals surface area contributed by atoms with Gasteiger partial charge in [-0.05, 0) is 72.3 Å². The third-order valence-corrected chi connectivity index (χ3v) is 9.49. The Labute approximate surface area is 308 Å². The van der Waals surface area contributed by atoms with E-state index in [1.54, 1.807) is 84.9 Å². The number of amides is 4. The lowest BCUT2D eigenvalue weighted by molar-refractivity contribution is -0.119. The van der Waals surface area contributed by atoms with E-state index in [0.717, 1.165) is 10.5 Å². The van der Waals surface area contributed by atoms with Crippen LogP contribution in [-0.2, 0) is 14.4 Å². The zero-order valence-electron chi connectivity index (χ0n) is 26.8. The van der Waals surface area contributed by atoms with Gasteiger partial charge in [-0.3, -0.25) is 19.2 Å². The second kappa shape index (κ2) is 16.4. The van der Waals surface area contributed by atoms with Crippen molar-refractivity contribution in [3.63, 3.8) is 0 Å². The van der Waals surface area contributed by atoms with Crippen molar-refractivity contribution in [2.75, 3.05) is 10.3 Å². The van der Waals surface area contributed by atoms with Crippen LogP contribution >= 0.6 is 35.0 Å². The van der Waals surface area contributed by atoms with Gasteiger partial charge in [0.25, 0.3) is 17.7 Å². The number of anilines is 2. The smallest absolute Gasteiger partial charge is 0.272 e. The lowest BCUT2D eigenvalue weighted by atomic mass is 10.1. The number of amidine groups is 1. The number of hydrogen-bond donors (Lipinski definition) is 3. The molecule has 3 N–H and O–H groups in total. The average molecular weight is 735 g/mol. The number of halogens is 2. The number of benzene rings is 5. The number of thioether (sulfide) groups is 1. The van der Waals surface area contributed by atoms with E-state index in [1.165, 1.54) is 22.8 Å². The highest BCUT2D eigenvalue weighted by atomic mass is 35.5. The third-order valence-electron chi connectivity index (χ3n) is 7.57. The first-order valence-electron chi connectivity index (χ1n) is 15.7. The minimum atomic E-state index is -0.682. The summed E-state index contributed by atoms with van der Waals surface area (Å²) in [6, 6.07) is 38.6. The van der Waals surface area contributed by atoms with E-state index in [0.29, 0.717) is 32.5 Å². The van der Waals surface area contributed by atoms with Gasteiger partial charge in [-0.2, -0.15) is 10.1 Å². The highest BCUT2D eigenvalue weighted by Crippen LogP contribution is 2.36. The quantitative estimate of drug-likeness (QED) is 0.0990. The van der Waals surface area contributed by atoms with Gasteiger partial charge >= 0.3 is 0 Å². The molecule has 9 nitrogen and oxygen atoms in total. The topological polar surface area (TPSA) is 120 Å². The molecule has 1 atom stereocenters. The summed E-state index contributed by atoms with van der Waals surface area (Å²) in [5.41, 5.74) is 2.47. The Morgan fingerprint density at radius 1 is 0.745 bits per heavy atom. The highest BCUT2D eigenvalue weighted by Gasteiger charge is 2.29. The minimum absolute atomic E-state index is 0.0356. The van der Waals surface area contributed by atoms with E-state index in [2.05, 4.69) is 21.1 Å². The van der Waals surface area contributed by atoms with Crippen molar-refractivity contribution >= 4 is 81.9 Å². The normalized spacial score (nSPS) is 13.3. The van der Waals surface area contributed by atoms with Crippen molar-refractivity contribution < 1.29 is 19.2 Å². The van der Waals surface area contributed by atoms with Gasteiger partial charge in [0.2, 0.25) is 5.91 Å². The van der Waals surface area contributed by atoms with Crippen LogP contribution in [0, 0.1) is 0 Å². The number of hydrogen-bond acceptors (Lipinski definition) is 6. The third kappa shape index (κ3) is 8.92. The zero-order chi connectivity index (χ0) is 35.7. The van der Waals surface area contributed by atoms with Gasteiger partial charge in [0.05, 0.1) is 12.1 Å². The van der Waals surface area contributed by atoms with Crippen LogP contribution in [0.2, 0.25) is 10.0 Å². The van der Waals surface area contributed by atoms with Crippen LogP contribution in [0.4, 0.5) is 11.4 Å². The maximum absolute atomic E-state index is 13.7. The lowest BCUT2D eigenvalue weighted by Gasteiger charge is -2.17. The van der Waals surface area contributed by atoms with Gasteiger partial charge in [-0.15, -0.1) is 11.8 Å². The van der Waals surface area contributed by atoms with Crippen LogP contribution in [0.25, 0.3) is 6.08 Å².